The predicted molar refractivity (Wildman–Crippen MR) is 122 cm³/mol. The van der Waals surface area contributed by atoms with Crippen molar-refractivity contribution in [2.75, 3.05) is 44.7 Å². The molecule has 1 rings (SSSR count). The first-order valence-electron chi connectivity index (χ1n) is 9.21. The second kappa shape index (κ2) is 12.2. The van der Waals surface area contributed by atoms with E-state index in [1.54, 1.807) is 0 Å². The molecule has 0 aromatic carbocycles. The van der Waals surface area contributed by atoms with E-state index >= 15 is 0 Å². The van der Waals surface area contributed by atoms with E-state index in [0.717, 1.165) is 45.0 Å². The van der Waals surface area contributed by atoms with Crippen molar-refractivity contribution in [3.63, 3.8) is 0 Å². The van der Waals surface area contributed by atoms with Gasteiger partial charge in [0, 0.05) is 45.0 Å². The fourth-order valence-electron chi connectivity index (χ4n) is 2.79. The summed E-state index contributed by atoms with van der Waals surface area (Å²) in [5, 5.41) is 6.83. The molecule has 1 saturated heterocycles. The Hall–Kier alpha value is -0.350. The summed E-state index contributed by atoms with van der Waals surface area (Å²) >= 11 is 0. The number of hydrogen-bond donors (Lipinski definition) is 2. The van der Waals surface area contributed by atoms with Crippen LogP contribution in [-0.2, 0) is 9.84 Å². The Morgan fingerprint density at radius 2 is 1.96 bits per heavy atom. The minimum absolute atomic E-state index is 0. The summed E-state index contributed by atoms with van der Waals surface area (Å²) in [7, 11) is -2.93. The number of halogens is 1. The summed E-state index contributed by atoms with van der Waals surface area (Å²) < 4.78 is 22.8. The van der Waals surface area contributed by atoms with Crippen molar-refractivity contribution in [3.8, 4) is 0 Å². The van der Waals surface area contributed by atoms with Crippen LogP contribution in [0.2, 0.25) is 0 Å². The van der Waals surface area contributed by atoms with Gasteiger partial charge in [-0.3, -0.25) is 9.89 Å². The lowest BCUT2D eigenvalue weighted by Crippen LogP contribution is -2.49. The number of likely N-dealkylation sites (tertiary alicyclic amines) is 1. The van der Waals surface area contributed by atoms with Gasteiger partial charge in [-0.2, -0.15) is 0 Å². The predicted octanol–water partition coefficient (Wildman–Crippen LogP) is 2.27. The normalized spacial score (nSPS) is 17.5. The molecule has 0 unspecified atom stereocenters. The average Bonchev–Trinajstić information content (AvgIpc) is 2.53. The number of sulfone groups is 1. The van der Waals surface area contributed by atoms with E-state index in [1.807, 2.05) is 6.08 Å². The zero-order chi connectivity index (χ0) is 18.9. The molecule has 0 aliphatic carbocycles. The summed E-state index contributed by atoms with van der Waals surface area (Å²) in [6.07, 6.45) is 6.05. The van der Waals surface area contributed by atoms with Crippen LogP contribution >= 0.6 is 24.0 Å². The lowest BCUT2D eigenvalue weighted by atomic mass is 9.90. The van der Waals surface area contributed by atoms with Crippen molar-refractivity contribution >= 4 is 39.8 Å². The third-order valence-corrected chi connectivity index (χ3v) is 5.42. The molecule has 1 aliphatic rings. The van der Waals surface area contributed by atoms with Crippen LogP contribution in [-0.4, -0.2) is 70.1 Å². The Kier molecular flexibility index (Phi) is 12.0. The highest BCUT2D eigenvalue weighted by atomic mass is 127. The van der Waals surface area contributed by atoms with E-state index in [1.165, 1.54) is 6.26 Å². The summed E-state index contributed by atoms with van der Waals surface area (Å²) in [5.74, 6) is 1.04. The highest BCUT2D eigenvalue weighted by molar-refractivity contribution is 14.0. The topological polar surface area (TPSA) is 73.8 Å². The molecule has 0 atom stereocenters. The molecular formula is C18H37IN4O2S. The first-order chi connectivity index (χ1) is 11.6. The minimum Gasteiger partial charge on any atom is -0.357 e. The molecule has 0 saturated carbocycles. The van der Waals surface area contributed by atoms with Crippen LogP contribution < -0.4 is 10.6 Å². The van der Waals surface area contributed by atoms with Crippen LogP contribution in [0.25, 0.3) is 0 Å². The molecule has 0 bridgehead atoms. The molecule has 154 valence electrons. The lowest BCUT2D eigenvalue weighted by Gasteiger charge is -2.32. The summed E-state index contributed by atoms with van der Waals surface area (Å²) in [4.78, 5) is 7.11. The zero-order valence-corrected chi connectivity index (χ0v) is 19.9. The van der Waals surface area contributed by atoms with Gasteiger partial charge in [0.15, 0.2) is 5.96 Å². The fraction of sp³-hybridized carbons (Fsp3) is 0.833. The van der Waals surface area contributed by atoms with Crippen molar-refractivity contribution < 1.29 is 8.42 Å². The number of piperidine rings is 1. The van der Waals surface area contributed by atoms with Crippen molar-refractivity contribution in [2.24, 2.45) is 10.4 Å². The highest BCUT2D eigenvalue weighted by Gasteiger charge is 2.22. The van der Waals surface area contributed by atoms with Crippen molar-refractivity contribution in [1.29, 1.82) is 0 Å². The molecule has 0 spiro atoms. The second-order valence-electron chi connectivity index (χ2n) is 7.75. The van der Waals surface area contributed by atoms with E-state index < -0.39 is 9.84 Å². The second-order valence-corrected chi connectivity index (χ2v) is 10.0. The lowest BCUT2D eigenvalue weighted by molar-refractivity contribution is 0.225. The maximum absolute atomic E-state index is 11.4. The quantitative estimate of drug-likeness (QED) is 0.220. The summed E-state index contributed by atoms with van der Waals surface area (Å²) in [5.41, 5.74) is -0.140. The third kappa shape index (κ3) is 11.4. The largest absolute Gasteiger partial charge is 0.357 e. The van der Waals surface area contributed by atoms with Gasteiger partial charge in [-0.1, -0.05) is 19.9 Å². The maximum atomic E-state index is 11.4. The molecule has 8 heteroatoms. The van der Waals surface area contributed by atoms with Gasteiger partial charge >= 0.3 is 0 Å². The smallest absolute Gasteiger partial charge is 0.191 e. The molecule has 0 amide bonds. The van der Waals surface area contributed by atoms with E-state index in [4.69, 9.17) is 4.99 Å². The number of hydrogen-bond acceptors (Lipinski definition) is 4. The van der Waals surface area contributed by atoms with E-state index in [9.17, 15) is 8.42 Å². The molecular weight excluding hydrogens is 463 g/mol. The third-order valence-electron chi connectivity index (χ3n) is 4.47. The fourth-order valence-corrected chi connectivity index (χ4v) is 3.71. The standard InChI is InChI=1S/C18H36N4O2S.HI/c1-6-11-22-12-8-16(9-13-22)21-17(19-7-2)20-15-18(3,4)10-14-25(5,23)24;/h6,16H,1,7-15H2,2-5H3,(H2,19,20,21);1H. The van der Waals surface area contributed by atoms with Crippen LogP contribution in [0.4, 0.5) is 0 Å². The van der Waals surface area contributed by atoms with Gasteiger partial charge in [0.2, 0.25) is 0 Å². The Morgan fingerprint density at radius 3 is 2.46 bits per heavy atom. The Labute approximate surface area is 177 Å². The SMILES string of the molecule is C=CCN1CCC(NC(=NCC(C)(C)CCS(C)(=O)=O)NCC)CC1.I. The first-order valence-corrected chi connectivity index (χ1v) is 11.3. The van der Waals surface area contributed by atoms with Crippen molar-refractivity contribution in [1.82, 2.24) is 15.5 Å². The first kappa shape index (κ1) is 25.6. The van der Waals surface area contributed by atoms with Gasteiger partial charge in [-0.15, -0.1) is 30.6 Å². The molecule has 2 N–H and O–H groups in total. The van der Waals surface area contributed by atoms with Crippen molar-refractivity contribution in [2.45, 2.75) is 46.1 Å². The number of rotatable bonds is 9. The van der Waals surface area contributed by atoms with Gasteiger partial charge < -0.3 is 10.6 Å². The van der Waals surface area contributed by atoms with Gasteiger partial charge in [0.25, 0.3) is 0 Å². The van der Waals surface area contributed by atoms with Crippen LogP contribution in [0.1, 0.15) is 40.0 Å². The molecule has 0 aromatic rings. The van der Waals surface area contributed by atoms with Crippen LogP contribution in [0.5, 0.6) is 0 Å². The van der Waals surface area contributed by atoms with E-state index in [2.05, 4.69) is 42.9 Å². The summed E-state index contributed by atoms with van der Waals surface area (Å²) in [6, 6.07) is 0.429. The average molecular weight is 500 g/mol. The number of aliphatic imine (C=N–C) groups is 1. The van der Waals surface area contributed by atoms with Crippen LogP contribution in [0.3, 0.4) is 0 Å². The summed E-state index contributed by atoms with van der Waals surface area (Å²) in [6.45, 7) is 14.5. The Balaban J connectivity index is 0.00000625. The molecule has 26 heavy (non-hydrogen) atoms. The number of nitrogens with one attached hydrogen (secondary N) is 2. The molecule has 1 aliphatic heterocycles. The van der Waals surface area contributed by atoms with E-state index in [-0.39, 0.29) is 35.1 Å². The number of nitrogens with zero attached hydrogens (tertiary/aromatic N) is 2. The minimum atomic E-state index is -2.93. The molecule has 6 nitrogen and oxygen atoms in total. The van der Waals surface area contributed by atoms with Crippen LogP contribution in [0.15, 0.2) is 17.6 Å². The zero-order valence-electron chi connectivity index (χ0n) is 16.8. The monoisotopic (exact) mass is 500 g/mol. The maximum Gasteiger partial charge on any atom is 0.191 e. The van der Waals surface area contributed by atoms with Gasteiger partial charge in [0.05, 0.1) is 5.75 Å². The molecule has 0 radical (unpaired) electrons. The molecule has 0 aromatic heterocycles. The van der Waals surface area contributed by atoms with Gasteiger partial charge in [-0.25, -0.2) is 8.42 Å². The highest BCUT2D eigenvalue weighted by Crippen LogP contribution is 2.21. The number of guanidine groups is 1. The van der Waals surface area contributed by atoms with Crippen LogP contribution in [0, 0.1) is 5.41 Å². The van der Waals surface area contributed by atoms with Gasteiger partial charge in [-0.05, 0) is 31.6 Å². The Bertz CT molecular complexity index is 541. The molecule has 1 heterocycles. The Morgan fingerprint density at radius 1 is 1.35 bits per heavy atom. The molecule has 1 fully saturated rings. The van der Waals surface area contributed by atoms with Crippen molar-refractivity contribution in [3.05, 3.63) is 12.7 Å². The van der Waals surface area contributed by atoms with Gasteiger partial charge in [0.1, 0.15) is 9.84 Å². The van der Waals surface area contributed by atoms with E-state index in [0.29, 0.717) is 19.0 Å².